The maximum atomic E-state index is 12.2. The van der Waals surface area contributed by atoms with Crippen molar-refractivity contribution >= 4 is 0 Å². The van der Waals surface area contributed by atoms with Gasteiger partial charge < -0.3 is 10.1 Å². The van der Waals surface area contributed by atoms with Gasteiger partial charge in [0.2, 0.25) is 0 Å². The number of likely N-dealkylation sites (tertiary alicyclic amines) is 1. The van der Waals surface area contributed by atoms with Crippen molar-refractivity contribution in [1.82, 2.24) is 10.2 Å². The number of rotatable bonds is 6. The van der Waals surface area contributed by atoms with Crippen molar-refractivity contribution in [3.05, 3.63) is 0 Å². The fourth-order valence-electron chi connectivity index (χ4n) is 2.29. The Morgan fingerprint density at radius 1 is 1.33 bits per heavy atom. The van der Waals surface area contributed by atoms with Crippen LogP contribution in [0.5, 0.6) is 0 Å². The van der Waals surface area contributed by atoms with E-state index in [1.54, 1.807) is 7.11 Å². The second kappa shape index (κ2) is 7.31. The van der Waals surface area contributed by atoms with Gasteiger partial charge in [-0.25, -0.2) is 0 Å². The average Bonchev–Trinajstić information content (AvgIpc) is 2.27. The van der Waals surface area contributed by atoms with Crippen LogP contribution in [0.4, 0.5) is 13.2 Å². The molecule has 1 unspecified atom stereocenters. The molecule has 0 amide bonds. The molecule has 18 heavy (non-hydrogen) atoms. The molecule has 1 N–H and O–H groups in total. The van der Waals surface area contributed by atoms with Crippen LogP contribution in [0.25, 0.3) is 0 Å². The highest BCUT2D eigenvalue weighted by atomic mass is 19.4. The molecule has 0 aromatic rings. The fourth-order valence-corrected chi connectivity index (χ4v) is 2.29. The van der Waals surface area contributed by atoms with Gasteiger partial charge in [-0.3, -0.25) is 4.90 Å². The Labute approximate surface area is 107 Å². The van der Waals surface area contributed by atoms with Crippen LogP contribution >= 0.6 is 0 Å². The van der Waals surface area contributed by atoms with E-state index in [1.807, 2.05) is 0 Å². The van der Waals surface area contributed by atoms with Crippen molar-refractivity contribution in [1.29, 1.82) is 0 Å². The summed E-state index contributed by atoms with van der Waals surface area (Å²) in [5.41, 5.74) is 0. The maximum absolute atomic E-state index is 12.2. The van der Waals surface area contributed by atoms with Crippen LogP contribution in [0.3, 0.4) is 0 Å². The number of hydrogen-bond acceptors (Lipinski definition) is 3. The minimum Gasteiger partial charge on any atom is -0.385 e. The van der Waals surface area contributed by atoms with Gasteiger partial charge in [0.05, 0.1) is 6.54 Å². The molecule has 6 heteroatoms. The topological polar surface area (TPSA) is 24.5 Å². The van der Waals surface area contributed by atoms with Gasteiger partial charge in [-0.15, -0.1) is 0 Å². The average molecular weight is 268 g/mol. The van der Waals surface area contributed by atoms with Crippen molar-refractivity contribution in [2.45, 2.75) is 44.4 Å². The minimum atomic E-state index is -4.08. The van der Waals surface area contributed by atoms with E-state index in [2.05, 4.69) is 12.2 Å². The summed E-state index contributed by atoms with van der Waals surface area (Å²) in [6.45, 7) is 3.06. The highest BCUT2D eigenvalue weighted by Crippen LogP contribution is 2.20. The third kappa shape index (κ3) is 6.56. The summed E-state index contributed by atoms with van der Waals surface area (Å²) in [6.07, 6.45) is -1.58. The molecule has 0 aliphatic carbocycles. The van der Waals surface area contributed by atoms with E-state index >= 15 is 0 Å². The van der Waals surface area contributed by atoms with E-state index in [9.17, 15) is 13.2 Å². The molecule has 1 saturated heterocycles. The zero-order valence-electron chi connectivity index (χ0n) is 11.1. The standard InChI is InChI=1S/C12H23F3N2O/c1-10(5-8-18-2)16-11-3-6-17(7-4-11)9-12(13,14)15/h10-11,16H,3-9H2,1-2H3. The molecule has 1 rings (SSSR count). The smallest absolute Gasteiger partial charge is 0.385 e. The van der Waals surface area contributed by atoms with Crippen LogP contribution in [0.2, 0.25) is 0 Å². The van der Waals surface area contributed by atoms with E-state index < -0.39 is 12.7 Å². The third-order valence-corrected chi connectivity index (χ3v) is 3.27. The molecular weight excluding hydrogens is 245 g/mol. The predicted molar refractivity (Wildman–Crippen MR) is 64.6 cm³/mol. The molecule has 1 heterocycles. The number of methoxy groups -OCH3 is 1. The van der Waals surface area contributed by atoms with Gasteiger partial charge in [-0.2, -0.15) is 13.2 Å². The van der Waals surface area contributed by atoms with Gasteiger partial charge in [-0.1, -0.05) is 0 Å². The highest BCUT2D eigenvalue weighted by Gasteiger charge is 2.32. The molecule has 1 aliphatic rings. The number of alkyl halides is 3. The van der Waals surface area contributed by atoms with Gasteiger partial charge >= 0.3 is 6.18 Å². The number of piperidine rings is 1. The molecule has 1 fully saturated rings. The van der Waals surface area contributed by atoms with Gasteiger partial charge in [0.25, 0.3) is 0 Å². The summed E-state index contributed by atoms with van der Waals surface area (Å²) in [7, 11) is 1.67. The van der Waals surface area contributed by atoms with Crippen LogP contribution in [-0.4, -0.2) is 56.5 Å². The van der Waals surface area contributed by atoms with Crippen LogP contribution in [0.15, 0.2) is 0 Å². The first-order chi connectivity index (χ1) is 8.40. The first-order valence-corrected chi connectivity index (χ1v) is 6.45. The van der Waals surface area contributed by atoms with Crippen molar-refractivity contribution in [2.75, 3.05) is 33.4 Å². The Balaban J connectivity index is 2.19. The Bertz CT molecular complexity index is 228. The molecule has 1 aliphatic heterocycles. The number of ether oxygens (including phenoxy) is 1. The Hall–Kier alpha value is -0.330. The second-order valence-corrected chi connectivity index (χ2v) is 5.01. The zero-order valence-corrected chi connectivity index (χ0v) is 11.1. The van der Waals surface area contributed by atoms with Gasteiger partial charge in [-0.05, 0) is 39.3 Å². The Kier molecular flexibility index (Phi) is 6.38. The highest BCUT2D eigenvalue weighted by molar-refractivity contribution is 4.80. The van der Waals surface area contributed by atoms with Gasteiger partial charge in [0.1, 0.15) is 0 Å². The molecule has 0 aromatic carbocycles. The maximum Gasteiger partial charge on any atom is 0.401 e. The SMILES string of the molecule is COCCC(C)NC1CCN(CC(F)(F)F)CC1. The predicted octanol–water partition coefficient (Wildman–Crippen LogP) is 2.03. The van der Waals surface area contributed by atoms with E-state index in [4.69, 9.17) is 4.74 Å². The summed E-state index contributed by atoms with van der Waals surface area (Å²) in [4.78, 5) is 1.48. The normalized spacial score (nSPS) is 21.2. The summed E-state index contributed by atoms with van der Waals surface area (Å²) in [5, 5.41) is 3.45. The Morgan fingerprint density at radius 3 is 2.44 bits per heavy atom. The lowest BCUT2D eigenvalue weighted by molar-refractivity contribution is -0.148. The molecule has 108 valence electrons. The van der Waals surface area contributed by atoms with Crippen molar-refractivity contribution in [2.24, 2.45) is 0 Å². The van der Waals surface area contributed by atoms with Gasteiger partial charge in [0.15, 0.2) is 0 Å². The summed E-state index contributed by atoms with van der Waals surface area (Å²) < 4.78 is 41.6. The fraction of sp³-hybridized carbons (Fsp3) is 1.00. The molecule has 0 bridgehead atoms. The lowest BCUT2D eigenvalue weighted by Crippen LogP contribution is -2.47. The first kappa shape index (κ1) is 15.7. The molecule has 0 spiro atoms. The number of nitrogens with one attached hydrogen (secondary N) is 1. The van der Waals surface area contributed by atoms with Crippen LogP contribution in [0.1, 0.15) is 26.2 Å². The number of nitrogens with zero attached hydrogens (tertiary/aromatic N) is 1. The quantitative estimate of drug-likeness (QED) is 0.797. The molecule has 0 saturated carbocycles. The third-order valence-electron chi connectivity index (χ3n) is 3.27. The van der Waals surface area contributed by atoms with Crippen LogP contribution < -0.4 is 5.32 Å². The summed E-state index contributed by atoms with van der Waals surface area (Å²) >= 11 is 0. The molecule has 0 aromatic heterocycles. The van der Waals surface area contributed by atoms with Crippen molar-refractivity contribution in [3.8, 4) is 0 Å². The Morgan fingerprint density at radius 2 is 1.94 bits per heavy atom. The van der Waals surface area contributed by atoms with Crippen LogP contribution in [0, 0.1) is 0 Å². The van der Waals surface area contributed by atoms with Crippen LogP contribution in [-0.2, 0) is 4.74 Å². The van der Waals surface area contributed by atoms with E-state index in [-0.39, 0.29) is 0 Å². The lowest BCUT2D eigenvalue weighted by atomic mass is 10.0. The zero-order chi connectivity index (χ0) is 13.6. The second-order valence-electron chi connectivity index (χ2n) is 5.01. The molecule has 0 radical (unpaired) electrons. The summed E-state index contributed by atoms with van der Waals surface area (Å²) in [6, 6.07) is 0.686. The lowest BCUT2D eigenvalue weighted by Gasteiger charge is -2.34. The van der Waals surface area contributed by atoms with E-state index in [0.29, 0.717) is 31.8 Å². The van der Waals surface area contributed by atoms with E-state index in [1.165, 1.54) is 4.90 Å². The summed E-state index contributed by atoms with van der Waals surface area (Å²) in [5.74, 6) is 0. The van der Waals surface area contributed by atoms with Crippen molar-refractivity contribution in [3.63, 3.8) is 0 Å². The monoisotopic (exact) mass is 268 g/mol. The molecule has 3 nitrogen and oxygen atoms in total. The largest absolute Gasteiger partial charge is 0.401 e. The van der Waals surface area contributed by atoms with E-state index in [0.717, 1.165) is 19.3 Å². The van der Waals surface area contributed by atoms with Gasteiger partial charge in [0, 0.05) is 25.8 Å². The number of hydrogen-bond donors (Lipinski definition) is 1. The number of halogens is 3. The molecule has 1 atom stereocenters. The first-order valence-electron chi connectivity index (χ1n) is 6.45. The minimum absolute atomic E-state index is 0.335. The van der Waals surface area contributed by atoms with Crippen molar-refractivity contribution < 1.29 is 17.9 Å². The molecular formula is C12H23F3N2O.